The van der Waals surface area contributed by atoms with Crippen molar-refractivity contribution < 1.29 is 6.85 Å². The van der Waals surface area contributed by atoms with Crippen LogP contribution in [0.2, 0.25) is 0 Å². The highest BCUT2D eigenvalue weighted by atomic mass is 15.0. The van der Waals surface area contributed by atoms with Gasteiger partial charge in [0.25, 0.3) is 0 Å². The van der Waals surface area contributed by atoms with Gasteiger partial charge in [-0.05, 0) is 62.9 Å². The van der Waals surface area contributed by atoms with Crippen LogP contribution < -0.4 is 0 Å². The number of pyridine rings is 1. The number of benzene rings is 7. The normalized spacial score (nSPS) is 13.1. The van der Waals surface area contributed by atoms with E-state index >= 15 is 0 Å². The van der Waals surface area contributed by atoms with Crippen LogP contribution in [0.4, 0.5) is 0 Å². The van der Waals surface area contributed by atoms with Crippen LogP contribution in [0.15, 0.2) is 176 Å². The van der Waals surface area contributed by atoms with E-state index in [1.165, 1.54) is 43.8 Å². The third kappa shape index (κ3) is 4.51. The second kappa shape index (κ2) is 11.7. The smallest absolute Gasteiger partial charge is 0.166 e. The molecule has 0 saturated carbocycles. The van der Waals surface area contributed by atoms with E-state index in [9.17, 15) is 0 Å². The lowest BCUT2D eigenvalue weighted by molar-refractivity contribution is 1.07. The quantitative estimate of drug-likeness (QED) is 0.182. The molecule has 10 aromatic rings. The molecule has 0 aliphatic heterocycles. The van der Waals surface area contributed by atoms with Crippen molar-refractivity contribution in [1.29, 1.82) is 0 Å². The van der Waals surface area contributed by atoms with Crippen LogP contribution in [-0.2, 0) is 0 Å². The van der Waals surface area contributed by atoms with Crippen molar-refractivity contribution in [3.8, 4) is 73.2 Å². The topological polar surface area (TPSA) is 56.5 Å². The molecule has 1 aliphatic carbocycles. The van der Waals surface area contributed by atoms with E-state index in [2.05, 4.69) is 94.5 Å². The fraction of sp³-hybridized carbons (Fsp3) is 0. The Kier molecular flexibility index (Phi) is 5.46. The number of fused-ring (bicyclic) bond motifs is 3. The molecule has 0 fully saturated rings. The predicted octanol–water partition coefficient (Wildman–Crippen LogP) is 11.8. The Balaban J connectivity index is 1.19. The second-order valence-corrected chi connectivity index (χ2v) is 13.1. The van der Waals surface area contributed by atoms with Gasteiger partial charge in [0.05, 0.1) is 23.6 Å². The zero-order valence-corrected chi connectivity index (χ0v) is 28.1. The highest BCUT2D eigenvalue weighted by molar-refractivity contribution is 6.30. The summed E-state index contributed by atoms with van der Waals surface area (Å²) in [6, 6.07) is 43.5. The van der Waals surface area contributed by atoms with Gasteiger partial charge in [-0.25, -0.2) is 15.0 Å². The minimum Gasteiger partial charge on any atom is -0.309 e. The first kappa shape index (κ1) is 24.8. The molecule has 0 bridgehead atoms. The Morgan fingerprint density at radius 3 is 1.85 bits per heavy atom. The van der Waals surface area contributed by atoms with Crippen LogP contribution in [0.25, 0.3) is 106 Å². The van der Waals surface area contributed by atoms with E-state index in [0.29, 0.717) is 17.0 Å². The van der Waals surface area contributed by atoms with Gasteiger partial charge in [-0.1, -0.05) is 139 Å². The molecule has 0 unspecified atom stereocenters. The van der Waals surface area contributed by atoms with Crippen molar-refractivity contribution in [2.75, 3.05) is 0 Å². The maximum Gasteiger partial charge on any atom is 0.166 e. The number of hydrogen-bond donors (Lipinski definition) is 0. The van der Waals surface area contributed by atoms with Gasteiger partial charge in [0, 0.05) is 45.4 Å². The first-order chi connectivity index (χ1) is 28.4. The van der Waals surface area contributed by atoms with Crippen LogP contribution in [0.1, 0.15) is 6.85 Å². The van der Waals surface area contributed by atoms with E-state index in [1.807, 2.05) is 48.5 Å². The highest BCUT2D eigenvalue weighted by Crippen LogP contribution is 2.50. The molecule has 0 radical (unpaired) electrons. The summed E-state index contributed by atoms with van der Waals surface area (Å²) >= 11 is 0. The molecule has 53 heavy (non-hydrogen) atoms. The van der Waals surface area contributed by atoms with Crippen LogP contribution in [0.3, 0.4) is 0 Å². The van der Waals surface area contributed by atoms with Crippen molar-refractivity contribution in [3.63, 3.8) is 0 Å². The fourth-order valence-electron chi connectivity index (χ4n) is 7.98. The Labute approximate surface area is 312 Å². The molecule has 11 rings (SSSR count). The summed E-state index contributed by atoms with van der Waals surface area (Å²) in [5.41, 5.74) is 10.8. The molecule has 0 amide bonds. The minimum absolute atomic E-state index is 0.0312. The van der Waals surface area contributed by atoms with Gasteiger partial charge in [0.15, 0.2) is 17.5 Å². The van der Waals surface area contributed by atoms with Crippen LogP contribution in [0, 0.1) is 0 Å². The Morgan fingerprint density at radius 1 is 0.415 bits per heavy atom. The van der Waals surface area contributed by atoms with Gasteiger partial charge < -0.3 is 4.57 Å². The van der Waals surface area contributed by atoms with Gasteiger partial charge >= 0.3 is 0 Å². The van der Waals surface area contributed by atoms with Gasteiger partial charge in [0.2, 0.25) is 0 Å². The van der Waals surface area contributed by atoms with E-state index in [1.54, 1.807) is 12.4 Å². The summed E-state index contributed by atoms with van der Waals surface area (Å²) in [6.45, 7) is 0. The van der Waals surface area contributed by atoms with Crippen LogP contribution in [0.5, 0.6) is 0 Å². The molecule has 0 saturated heterocycles. The zero-order valence-electron chi connectivity index (χ0n) is 33.1. The van der Waals surface area contributed by atoms with Crippen LogP contribution in [-0.4, -0.2) is 24.5 Å². The minimum atomic E-state index is -0.487. The second-order valence-electron chi connectivity index (χ2n) is 13.1. The molecule has 246 valence electrons. The fourth-order valence-corrected chi connectivity index (χ4v) is 7.98. The summed E-state index contributed by atoms with van der Waals surface area (Å²) in [4.78, 5) is 19.1. The maximum atomic E-state index is 8.77. The number of hydrogen-bond acceptors (Lipinski definition) is 4. The molecule has 0 N–H and O–H groups in total. The largest absolute Gasteiger partial charge is 0.309 e. The summed E-state index contributed by atoms with van der Waals surface area (Å²) in [7, 11) is 0. The maximum absolute atomic E-state index is 8.77. The predicted molar refractivity (Wildman–Crippen MR) is 216 cm³/mol. The zero-order chi connectivity index (χ0) is 39.2. The van der Waals surface area contributed by atoms with Crippen molar-refractivity contribution >= 4 is 32.6 Å². The number of rotatable bonds is 5. The molecule has 5 nitrogen and oxygen atoms in total. The summed E-state index contributed by atoms with van der Waals surface area (Å²) in [5, 5.41) is 4.80. The third-order valence-electron chi connectivity index (χ3n) is 10.2. The highest BCUT2D eigenvalue weighted by Gasteiger charge is 2.26. The SMILES string of the molecule is [2H]c1c([2H])c([2H])c(-c2nc(-c3ccccc3)nc(-c3cnccc3-c3ccccc3-n3c4cccc5c4c4c6c(cccc6ccc43)-c3ccccc3-5)n2)c([2H])c1[2H]. The standard InChI is InChI=1S/C48H29N5/c1-3-13-31(14-4-1)46-50-47(32-15-5-2-6-16-32)52-48(51-46)39-29-49-28-27-35(39)36-20-9-10-23-40(36)53-41-24-12-22-38-34-19-8-7-18-33(34)37-21-11-17-30-25-26-42(53)45(43(30)37)44(38)41/h1-29H/i1D,3D,4D,13D,14D. The average molecular weight is 681 g/mol. The summed E-state index contributed by atoms with van der Waals surface area (Å²) < 4.78 is 44.9. The molecule has 3 heterocycles. The summed E-state index contributed by atoms with van der Waals surface area (Å²) in [6.07, 6.45) is 3.45. The van der Waals surface area contributed by atoms with Crippen molar-refractivity contribution in [2.45, 2.75) is 0 Å². The molecule has 5 heteroatoms. The van der Waals surface area contributed by atoms with Gasteiger partial charge in [-0.15, -0.1) is 0 Å². The van der Waals surface area contributed by atoms with Gasteiger partial charge in [-0.2, -0.15) is 0 Å². The molecule has 1 aliphatic rings. The molecular weight excluding hydrogens is 647 g/mol. The van der Waals surface area contributed by atoms with Crippen molar-refractivity contribution in [3.05, 3.63) is 176 Å². The Hall–Kier alpha value is -7.24. The third-order valence-corrected chi connectivity index (χ3v) is 10.2. The lowest BCUT2D eigenvalue weighted by Gasteiger charge is -2.17. The van der Waals surface area contributed by atoms with Crippen molar-refractivity contribution in [2.24, 2.45) is 0 Å². The Bertz CT molecular complexity index is 3330. The molecule has 0 atom stereocenters. The van der Waals surface area contributed by atoms with Gasteiger partial charge in [-0.3, -0.25) is 4.98 Å². The number of para-hydroxylation sites is 1. The van der Waals surface area contributed by atoms with Gasteiger partial charge in [0.1, 0.15) is 0 Å². The molecule has 3 aromatic heterocycles. The van der Waals surface area contributed by atoms with Crippen molar-refractivity contribution in [1.82, 2.24) is 24.5 Å². The number of aromatic nitrogens is 5. The van der Waals surface area contributed by atoms with E-state index < -0.39 is 30.2 Å². The molecular formula is C48H29N5. The average Bonchev–Trinajstić information content (AvgIpc) is 3.56. The van der Waals surface area contributed by atoms with E-state index in [0.717, 1.165) is 27.8 Å². The summed E-state index contributed by atoms with van der Waals surface area (Å²) in [5.74, 6) is 0.513. The van der Waals surface area contributed by atoms with E-state index in [4.69, 9.17) is 21.8 Å². The first-order valence-electron chi connectivity index (χ1n) is 19.9. The Morgan fingerprint density at radius 2 is 1.04 bits per heavy atom. The van der Waals surface area contributed by atoms with E-state index in [-0.39, 0.29) is 17.2 Å². The van der Waals surface area contributed by atoms with Crippen LogP contribution >= 0.6 is 0 Å². The lowest BCUT2D eigenvalue weighted by Crippen LogP contribution is -2.02. The molecule has 0 spiro atoms. The monoisotopic (exact) mass is 680 g/mol. The first-order valence-corrected chi connectivity index (χ1v) is 17.4. The molecule has 7 aromatic carbocycles. The number of nitrogens with zero attached hydrogens (tertiary/aromatic N) is 5. The lowest BCUT2D eigenvalue weighted by atomic mass is 9.93.